The van der Waals surface area contributed by atoms with Gasteiger partial charge in [0.25, 0.3) is 0 Å². The second-order valence-electron chi connectivity index (χ2n) is 4.28. The molecule has 0 aliphatic carbocycles. The third-order valence-electron chi connectivity index (χ3n) is 3.25. The molecule has 3 nitrogen and oxygen atoms in total. The lowest BCUT2D eigenvalue weighted by atomic mass is 10.0. The molecule has 2 rings (SSSR count). The first-order chi connectivity index (χ1) is 7.62. The van der Waals surface area contributed by atoms with Crippen molar-refractivity contribution in [2.45, 2.75) is 12.8 Å². The average molecular weight is 238 g/mol. The summed E-state index contributed by atoms with van der Waals surface area (Å²) in [7, 11) is -2.31. The Morgan fingerprint density at radius 3 is 2.25 bits per heavy atom. The Labute approximate surface area is 94.9 Å². The van der Waals surface area contributed by atoms with E-state index in [1.807, 2.05) is 30.3 Å². The van der Waals surface area contributed by atoms with Crippen LogP contribution in [0.4, 0.5) is 0 Å². The molecule has 0 radical (unpaired) electrons. The predicted octanol–water partition coefficient (Wildman–Crippen LogP) is 2.17. The number of carboxylic acid groups (broad SMARTS) is 1. The van der Waals surface area contributed by atoms with E-state index in [1.54, 1.807) is 0 Å². The molecule has 1 aromatic carbocycles. The molecule has 86 valence electrons. The lowest BCUT2D eigenvalue weighted by Gasteiger charge is -2.26. The molecule has 1 heterocycles. The molecular formula is C12H15O3P. The van der Waals surface area contributed by atoms with Crippen LogP contribution in [0.5, 0.6) is 0 Å². The minimum atomic E-state index is -2.31. The number of rotatable bonds is 2. The second-order valence-corrected chi connectivity index (χ2v) is 7.47. The van der Waals surface area contributed by atoms with Crippen molar-refractivity contribution in [2.24, 2.45) is 5.92 Å². The summed E-state index contributed by atoms with van der Waals surface area (Å²) in [5.74, 6) is -1.05. The van der Waals surface area contributed by atoms with E-state index < -0.39 is 13.1 Å². The standard InChI is InChI=1S/C12H15O3P/c13-12(14)10-6-8-16(15,9-7-10)11-4-2-1-3-5-11/h1-5,10H,6-9H2,(H,13,14). The van der Waals surface area contributed by atoms with Crippen LogP contribution in [0.3, 0.4) is 0 Å². The molecule has 1 aromatic rings. The van der Waals surface area contributed by atoms with Gasteiger partial charge in [0.05, 0.1) is 5.92 Å². The van der Waals surface area contributed by atoms with Crippen molar-refractivity contribution in [1.82, 2.24) is 0 Å². The van der Waals surface area contributed by atoms with Gasteiger partial charge < -0.3 is 9.67 Å². The lowest BCUT2D eigenvalue weighted by molar-refractivity contribution is -0.141. The van der Waals surface area contributed by atoms with E-state index in [0.29, 0.717) is 25.2 Å². The summed E-state index contributed by atoms with van der Waals surface area (Å²) < 4.78 is 12.6. The fraction of sp³-hybridized carbons (Fsp3) is 0.417. The number of hydrogen-bond donors (Lipinski definition) is 1. The molecule has 0 spiro atoms. The van der Waals surface area contributed by atoms with E-state index in [1.165, 1.54) is 0 Å². The van der Waals surface area contributed by atoms with Crippen LogP contribution in [0.15, 0.2) is 30.3 Å². The van der Waals surface area contributed by atoms with Gasteiger partial charge in [0.1, 0.15) is 7.14 Å². The molecule has 0 saturated carbocycles. The van der Waals surface area contributed by atoms with Crippen molar-refractivity contribution in [3.05, 3.63) is 30.3 Å². The van der Waals surface area contributed by atoms with E-state index >= 15 is 0 Å². The van der Waals surface area contributed by atoms with Crippen LogP contribution < -0.4 is 5.30 Å². The van der Waals surface area contributed by atoms with Gasteiger partial charge in [-0.3, -0.25) is 4.79 Å². The maximum absolute atomic E-state index is 12.6. The molecule has 1 aliphatic heterocycles. The van der Waals surface area contributed by atoms with Crippen molar-refractivity contribution in [3.8, 4) is 0 Å². The third kappa shape index (κ3) is 2.19. The van der Waals surface area contributed by atoms with Crippen molar-refractivity contribution < 1.29 is 14.5 Å². The van der Waals surface area contributed by atoms with Crippen molar-refractivity contribution in [1.29, 1.82) is 0 Å². The van der Waals surface area contributed by atoms with Gasteiger partial charge in [0.2, 0.25) is 0 Å². The van der Waals surface area contributed by atoms with Gasteiger partial charge in [0, 0.05) is 17.6 Å². The van der Waals surface area contributed by atoms with Gasteiger partial charge in [0.15, 0.2) is 0 Å². The molecule has 4 heteroatoms. The molecule has 1 aliphatic rings. The van der Waals surface area contributed by atoms with Crippen molar-refractivity contribution in [3.63, 3.8) is 0 Å². The summed E-state index contributed by atoms with van der Waals surface area (Å²) in [6, 6.07) is 9.46. The first kappa shape index (κ1) is 11.4. The Balaban J connectivity index is 2.13. The van der Waals surface area contributed by atoms with Gasteiger partial charge in [-0.05, 0) is 12.8 Å². The van der Waals surface area contributed by atoms with Crippen LogP contribution in [0.1, 0.15) is 12.8 Å². The molecule has 16 heavy (non-hydrogen) atoms. The quantitative estimate of drug-likeness (QED) is 0.803. The topological polar surface area (TPSA) is 54.4 Å². The number of aliphatic carboxylic acids is 1. The van der Waals surface area contributed by atoms with Crippen LogP contribution in [0.25, 0.3) is 0 Å². The number of hydrogen-bond acceptors (Lipinski definition) is 2. The summed E-state index contributed by atoms with van der Waals surface area (Å²) in [6.07, 6.45) is 2.16. The lowest BCUT2D eigenvalue weighted by Crippen LogP contribution is -2.25. The number of carbonyl (C=O) groups is 1. The number of benzene rings is 1. The maximum Gasteiger partial charge on any atom is 0.306 e. The smallest absolute Gasteiger partial charge is 0.306 e. The monoisotopic (exact) mass is 238 g/mol. The van der Waals surface area contributed by atoms with Crippen LogP contribution in [-0.2, 0) is 9.36 Å². The number of carboxylic acids is 1. The van der Waals surface area contributed by atoms with Gasteiger partial charge >= 0.3 is 5.97 Å². The molecule has 1 N–H and O–H groups in total. The fourth-order valence-electron chi connectivity index (χ4n) is 2.19. The molecule has 0 amide bonds. The van der Waals surface area contributed by atoms with Gasteiger partial charge in [-0.2, -0.15) is 0 Å². The largest absolute Gasteiger partial charge is 0.481 e. The van der Waals surface area contributed by atoms with Gasteiger partial charge in [-0.1, -0.05) is 30.3 Å². The van der Waals surface area contributed by atoms with Crippen molar-refractivity contribution >= 4 is 18.4 Å². The van der Waals surface area contributed by atoms with Crippen LogP contribution >= 0.6 is 7.14 Å². The summed E-state index contributed by atoms with van der Waals surface area (Å²) in [5.41, 5.74) is 0. The van der Waals surface area contributed by atoms with Crippen molar-refractivity contribution in [2.75, 3.05) is 12.3 Å². The Bertz CT molecular complexity index is 415. The first-order valence-electron chi connectivity index (χ1n) is 5.48. The minimum Gasteiger partial charge on any atom is -0.481 e. The molecule has 1 fully saturated rings. The second kappa shape index (κ2) is 4.42. The molecule has 0 unspecified atom stereocenters. The zero-order valence-corrected chi connectivity index (χ0v) is 9.90. The Kier molecular flexibility index (Phi) is 3.15. The molecular weight excluding hydrogens is 223 g/mol. The van der Waals surface area contributed by atoms with E-state index in [2.05, 4.69) is 0 Å². The minimum absolute atomic E-state index is 0.300. The van der Waals surface area contributed by atoms with Crippen LogP contribution in [0, 0.1) is 5.92 Å². The Morgan fingerprint density at radius 2 is 1.75 bits per heavy atom. The fourth-order valence-corrected chi connectivity index (χ4v) is 5.10. The average Bonchev–Trinajstić information content (AvgIpc) is 2.31. The van der Waals surface area contributed by atoms with Gasteiger partial charge in [-0.25, -0.2) is 0 Å². The molecule has 0 aromatic heterocycles. The summed E-state index contributed by atoms with van der Waals surface area (Å²) in [4.78, 5) is 10.8. The maximum atomic E-state index is 12.6. The summed E-state index contributed by atoms with van der Waals surface area (Å²) >= 11 is 0. The zero-order chi connectivity index (χ0) is 11.6. The molecule has 0 atom stereocenters. The normalized spacial score (nSPS) is 29.9. The third-order valence-corrected chi connectivity index (χ3v) is 6.45. The highest BCUT2D eigenvalue weighted by Gasteiger charge is 2.33. The summed E-state index contributed by atoms with van der Waals surface area (Å²) in [5, 5.41) is 9.79. The molecule has 1 saturated heterocycles. The predicted molar refractivity (Wildman–Crippen MR) is 63.8 cm³/mol. The Hall–Kier alpha value is -1.08. The Morgan fingerprint density at radius 1 is 1.19 bits per heavy atom. The van der Waals surface area contributed by atoms with E-state index in [0.717, 1.165) is 5.30 Å². The highest BCUT2D eigenvalue weighted by molar-refractivity contribution is 7.71. The first-order valence-corrected chi connectivity index (χ1v) is 7.56. The summed E-state index contributed by atoms with van der Waals surface area (Å²) in [6.45, 7) is 0. The highest BCUT2D eigenvalue weighted by atomic mass is 31.2. The zero-order valence-electron chi connectivity index (χ0n) is 9.00. The van der Waals surface area contributed by atoms with Crippen LogP contribution in [0.2, 0.25) is 0 Å². The van der Waals surface area contributed by atoms with Crippen LogP contribution in [-0.4, -0.2) is 23.4 Å². The van der Waals surface area contributed by atoms with E-state index in [9.17, 15) is 9.36 Å². The van der Waals surface area contributed by atoms with E-state index in [-0.39, 0.29) is 5.92 Å². The van der Waals surface area contributed by atoms with Gasteiger partial charge in [-0.15, -0.1) is 0 Å². The highest BCUT2D eigenvalue weighted by Crippen LogP contribution is 2.50. The van der Waals surface area contributed by atoms with E-state index in [4.69, 9.17) is 5.11 Å². The molecule has 0 bridgehead atoms. The SMILES string of the molecule is O=C(O)C1CCP(=O)(c2ccccc2)CC1.